The number of aromatic nitrogens is 1. The quantitative estimate of drug-likeness (QED) is 0.827. The number of nitrogens with zero attached hydrogens (tertiary/aromatic N) is 1. The smallest absolute Gasteiger partial charge is 0.302 e. The molecule has 0 unspecified atom stereocenters. The Labute approximate surface area is 112 Å². The van der Waals surface area contributed by atoms with Crippen LogP contribution in [0.3, 0.4) is 0 Å². The van der Waals surface area contributed by atoms with E-state index in [-0.39, 0.29) is 24.4 Å². The third kappa shape index (κ3) is 4.39. The minimum atomic E-state index is -0.476. The molecule has 0 aliphatic rings. The number of esters is 1. The highest BCUT2D eigenvalue weighted by Crippen LogP contribution is 2.25. The predicted octanol–water partition coefficient (Wildman–Crippen LogP) is 2.11. The first-order valence-electron chi connectivity index (χ1n) is 6.14. The topological polar surface area (TPSA) is 81.4 Å². The fourth-order valence-corrected chi connectivity index (χ4v) is 1.27. The molecule has 0 saturated carbocycles. The van der Waals surface area contributed by atoms with E-state index in [0.717, 1.165) is 0 Å². The van der Waals surface area contributed by atoms with Crippen molar-refractivity contribution in [2.24, 2.45) is 5.92 Å². The molecule has 6 nitrogen and oxygen atoms in total. The lowest BCUT2D eigenvalue weighted by Crippen LogP contribution is -2.26. The fraction of sp³-hybridized carbons (Fsp3) is 0.615. The Hall–Kier alpha value is -1.85. The first-order valence-corrected chi connectivity index (χ1v) is 6.14. The summed E-state index contributed by atoms with van der Waals surface area (Å²) in [7, 11) is 0. The van der Waals surface area contributed by atoms with Gasteiger partial charge in [0.05, 0.1) is 5.69 Å². The molecule has 1 heterocycles. The predicted molar refractivity (Wildman–Crippen MR) is 69.6 cm³/mol. The molecule has 106 valence electrons. The monoisotopic (exact) mass is 268 g/mol. The summed E-state index contributed by atoms with van der Waals surface area (Å²) in [5, 5.41) is 6.52. The van der Waals surface area contributed by atoms with E-state index in [4.69, 9.17) is 9.26 Å². The van der Waals surface area contributed by atoms with E-state index in [1.807, 2.05) is 13.8 Å². The average Bonchev–Trinajstić information content (AvgIpc) is 2.75. The number of carbonyl (C=O) groups excluding carboxylic acids is 2. The molecule has 1 aromatic heterocycles. The summed E-state index contributed by atoms with van der Waals surface area (Å²) in [4.78, 5) is 22.3. The van der Waals surface area contributed by atoms with E-state index < -0.39 is 5.41 Å². The minimum Gasteiger partial charge on any atom is -0.465 e. The number of hydrogen-bond donors (Lipinski definition) is 1. The van der Waals surface area contributed by atoms with Crippen LogP contribution in [-0.2, 0) is 19.7 Å². The Balaban J connectivity index is 2.72. The molecule has 1 N–H and O–H groups in total. The zero-order valence-electron chi connectivity index (χ0n) is 11.9. The van der Waals surface area contributed by atoms with Gasteiger partial charge in [-0.2, -0.15) is 0 Å². The van der Waals surface area contributed by atoms with E-state index in [0.29, 0.717) is 11.6 Å². The highest BCUT2D eigenvalue weighted by Gasteiger charge is 2.27. The number of ether oxygens (including phenoxy) is 1. The zero-order valence-corrected chi connectivity index (χ0v) is 11.9. The summed E-state index contributed by atoms with van der Waals surface area (Å²) >= 11 is 0. The van der Waals surface area contributed by atoms with Gasteiger partial charge in [0.25, 0.3) is 0 Å². The molecular formula is C13H20N2O4. The van der Waals surface area contributed by atoms with Crippen LogP contribution in [0.4, 0.5) is 5.88 Å². The standard InChI is InChI=1S/C13H20N2O4/c1-8(2)12(17)14-11-6-10(15-19-11)13(4,5)7-18-9(3)16/h6,8H,7H2,1-5H3,(H,14,17). The lowest BCUT2D eigenvalue weighted by molar-refractivity contribution is -0.142. The van der Waals surface area contributed by atoms with Crippen LogP contribution < -0.4 is 5.32 Å². The van der Waals surface area contributed by atoms with Gasteiger partial charge in [0.2, 0.25) is 11.8 Å². The largest absolute Gasteiger partial charge is 0.465 e. The van der Waals surface area contributed by atoms with Gasteiger partial charge in [-0.05, 0) is 0 Å². The summed E-state index contributed by atoms with van der Waals surface area (Å²) in [5.74, 6) is -0.322. The first kappa shape index (κ1) is 15.2. The van der Waals surface area contributed by atoms with Gasteiger partial charge in [-0.15, -0.1) is 0 Å². The Morgan fingerprint density at radius 1 is 1.47 bits per heavy atom. The number of carbonyl (C=O) groups is 2. The van der Waals surface area contributed by atoms with Gasteiger partial charge in [0, 0.05) is 24.3 Å². The van der Waals surface area contributed by atoms with Crippen molar-refractivity contribution >= 4 is 17.8 Å². The van der Waals surface area contributed by atoms with E-state index >= 15 is 0 Å². The van der Waals surface area contributed by atoms with Crippen molar-refractivity contribution < 1.29 is 18.8 Å². The second kappa shape index (κ2) is 5.86. The van der Waals surface area contributed by atoms with E-state index in [1.165, 1.54) is 6.92 Å². The van der Waals surface area contributed by atoms with Gasteiger partial charge in [-0.1, -0.05) is 32.9 Å². The minimum absolute atomic E-state index is 0.136. The summed E-state index contributed by atoms with van der Waals surface area (Å²) < 4.78 is 10.0. The van der Waals surface area contributed by atoms with Crippen molar-refractivity contribution in [1.29, 1.82) is 0 Å². The molecule has 1 rings (SSSR count). The molecule has 1 aromatic rings. The Morgan fingerprint density at radius 2 is 2.11 bits per heavy atom. The Morgan fingerprint density at radius 3 is 2.63 bits per heavy atom. The van der Waals surface area contributed by atoms with Crippen molar-refractivity contribution in [1.82, 2.24) is 5.16 Å². The lowest BCUT2D eigenvalue weighted by Gasteiger charge is -2.20. The third-order valence-corrected chi connectivity index (χ3v) is 2.61. The molecule has 0 saturated heterocycles. The van der Waals surface area contributed by atoms with Crippen LogP contribution in [0.1, 0.15) is 40.3 Å². The first-order chi connectivity index (χ1) is 8.72. The Kier molecular flexibility index (Phi) is 4.69. The molecule has 6 heteroatoms. The summed E-state index contributed by atoms with van der Waals surface area (Å²) in [5.41, 5.74) is 0.142. The molecule has 0 fully saturated rings. The molecule has 0 bridgehead atoms. The van der Waals surface area contributed by atoms with Crippen molar-refractivity contribution in [2.75, 3.05) is 11.9 Å². The van der Waals surface area contributed by atoms with Gasteiger partial charge in [-0.25, -0.2) is 0 Å². The van der Waals surface area contributed by atoms with E-state index in [1.54, 1.807) is 19.9 Å². The molecule has 19 heavy (non-hydrogen) atoms. The van der Waals surface area contributed by atoms with Crippen LogP contribution in [0.25, 0.3) is 0 Å². The maximum Gasteiger partial charge on any atom is 0.302 e. The summed E-state index contributed by atoms with van der Waals surface area (Å²) in [6, 6.07) is 1.64. The van der Waals surface area contributed by atoms with Gasteiger partial charge >= 0.3 is 5.97 Å². The number of nitrogens with one attached hydrogen (secondary N) is 1. The highest BCUT2D eigenvalue weighted by atomic mass is 16.5. The molecule has 0 aliphatic carbocycles. The summed E-state index contributed by atoms with van der Waals surface area (Å²) in [6.45, 7) is 8.89. The normalized spacial score (nSPS) is 11.5. The van der Waals surface area contributed by atoms with Gasteiger partial charge in [-0.3, -0.25) is 14.9 Å². The van der Waals surface area contributed by atoms with Gasteiger partial charge in [0.15, 0.2) is 0 Å². The number of anilines is 1. The lowest BCUT2D eigenvalue weighted by atomic mass is 9.90. The maximum atomic E-state index is 11.5. The molecule has 0 aromatic carbocycles. The van der Waals surface area contributed by atoms with Crippen LogP contribution in [0.5, 0.6) is 0 Å². The fourth-order valence-electron chi connectivity index (χ4n) is 1.27. The van der Waals surface area contributed by atoms with Crippen LogP contribution in [0.15, 0.2) is 10.6 Å². The van der Waals surface area contributed by atoms with Gasteiger partial charge in [0.1, 0.15) is 6.61 Å². The Bertz CT molecular complexity index is 463. The second-order valence-corrected chi connectivity index (χ2v) is 5.38. The number of amides is 1. The molecule has 0 radical (unpaired) electrons. The maximum absolute atomic E-state index is 11.5. The van der Waals surface area contributed by atoms with Crippen LogP contribution in [-0.4, -0.2) is 23.6 Å². The molecular weight excluding hydrogens is 248 g/mol. The van der Waals surface area contributed by atoms with Crippen LogP contribution in [0.2, 0.25) is 0 Å². The summed E-state index contributed by atoms with van der Waals surface area (Å²) in [6.07, 6.45) is 0. The number of hydrogen-bond acceptors (Lipinski definition) is 5. The highest BCUT2D eigenvalue weighted by molar-refractivity contribution is 5.90. The van der Waals surface area contributed by atoms with Crippen molar-refractivity contribution in [3.05, 3.63) is 11.8 Å². The van der Waals surface area contributed by atoms with Crippen LogP contribution >= 0.6 is 0 Å². The zero-order chi connectivity index (χ0) is 14.6. The SMILES string of the molecule is CC(=O)OCC(C)(C)c1cc(NC(=O)C(C)C)on1. The van der Waals surface area contributed by atoms with Gasteiger partial charge < -0.3 is 9.26 Å². The number of rotatable bonds is 5. The van der Waals surface area contributed by atoms with Crippen molar-refractivity contribution in [3.63, 3.8) is 0 Å². The van der Waals surface area contributed by atoms with E-state index in [2.05, 4.69) is 10.5 Å². The molecule has 0 spiro atoms. The average molecular weight is 268 g/mol. The molecule has 0 atom stereocenters. The van der Waals surface area contributed by atoms with Crippen molar-refractivity contribution in [2.45, 2.75) is 40.0 Å². The second-order valence-electron chi connectivity index (χ2n) is 5.38. The van der Waals surface area contributed by atoms with Crippen molar-refractivity contribution in [3.8, 4) is 0 Å². The molecule has 0 aliphatic heterocycles. The van der Waals surface area contributed by atoms with E-state index in [9.17, 15) is 9.59 Å². The van der Waals surface area contributed by atoms with Crippen LogP contribution in [0, 0.1) is 5.92 Å². The molecule has 1 amide bonds. The third-order valence-electron chi connectivity index (χ3n) is 2.61.